The average molecular weight is 422 g/mol. The predicted molar refractivity (Wildman–Crippen MR) is 119 cm³/mol. The molecule has 1 aliphatic carbocycles. The zero-order valence-electron chi connectivity index (χ0n) is 16.7. The van der Waals surface area contributed by atoms with E-state index in [0.29, 0.717) is 15.9 Å². The summed E-state index contributed by atoms with van der Waals surface area (Å²) in [5, 5.41) is 9.74. The largest absolute Gasteiger partial charge is 0.478 e. The first kappa shape index (κ1) is 20.3. The molecule has 1 saturated carbocycles. The molecule has 1 aromatic carbocycles. The number of aliphatic imine (C=N–C) groups is 1. The Balaban J connectivity index is 1.67. The number of nitrogens with zero attached hydrogens (tertiary/aromatic N) is 3. The van der Waals surface area contributed by atoms with E-state index in [1.54, 1.807) is 30.3 Å². The lowest BCUT2D eigenvalue weighted by atomic mass is 9.94. The van der Waals surface area contributed by atoms with Crippen molar-refractivity contribution in [3.63, 3.8) is 0 Å². The van der Waals surface area contributed by atoms with Gasteiger partial charge >= 0.3 is 5.97 Å². The quantitative estimate of drug-likeness (QED) is 0.701. The first-order valence-electron chi connectivity index (χ1n) is 10.1. The van der Waals surface area contributed by atoms with E-state index in [1.165, 1.54) is 18.2 Å². The highest BCUT2D eigenvalue weighted by atomic mass is 32.2. The number of carbonyl (C=O) groups is 2. The van der Waals surface area contributed by atoms with Crippen LogP contribution in [0.25, 0.3) is 6.08 Å². The number of amidine groups is 1. The number of hydrogen-bond donors (Lipinski definition) is 1. The molecule has 154 valence electrons. The monoisotopic (exact) mass is 421 g/mol. The molecule has 30 heavy (non-hydrogen) atoms. The minimum Gasteiger partial charge on any atom is -0.478 e. The number of carbonyl (C=O) groups excluding carboxylic acids is 1. The number of aromatic nitrogens is 1. The molecule has 2 fully saturated rings. The molecule has 0 atom stereocenters. The molecule has 1 saturated heterocycles. The minimum atomic E-state index is -0.968. The molecule has 2 aromatic rings. The molecule has 1 amide bonds. The Hall–Kier alpha value is -2.93. The smallest absolute Gasteiger partial charge is 0.335 e. The summed E-state index contributed by atoms with van der Waals surface area (Å²) in [6, 6.07) is 12.3. The third-order valence-electron chi connectivity index (χ3n) is 5.32. The van der Waals surface area contributed by atoms with Gasteiger partial charge in [-0.2, -0.15) is 0 Å². The third kappa shape index (κ3) is 4.46. The molecule has 0 bridgehead atoms. The van der Waals surface area contributed by atoms with Crippen LogP contribution in [0.2, 0.25) is 0 Å². The van der Waals surface area contributed by atoms with Gasteiger partial charge in [-0.25, -0.2) is 14.8 Å². The second-order valence-electron chi connectivity index (χ2n) is 7.54. The highest BCUT2D eigenvalue weighted by Gasteiger charge is 2.38. The van der Waals surface area contributed by atoms with Crippen LogP contribution in [0, 0.1) is 6.92 Å². The van der Waals surface area contributed by atoms with Crippen molar-refractivity contribution in [1.82, 2.24) is 9.88 Å². The molecule has 1 aliphatic heterocycles. The van der Waals surface area contributed by atoms with E-state index in [2.05, 4.69) is 4.98 Å². The number of carboxylic acid groups (broad SMARTS) is 1. The number of pyridine rings is 1. The van der Waals surface area contributed by atoms with Crippen molar-refractivity contribution in [2.24, 2.45) is 4.99 Å². The van der Waals surface area contributed by atoms with Crippen LogP contribution in [-0.2, 0) is 4.79 Å². The Morgan fingerprint density at radius 3 is 2.57 bits per heavy atom. The van der Waals surface area contributed by atoms with Crippen LogP contribution in [0.15, 0.2) is 52.4 Å². The maximum Gasteiger partial charge on any atom is 0.335 e. The van der Waals surface area contributed by atoms with Crippen molar-refractivity contribution in [1.29, 1.82) is 0 Å². The SMILES string of the molecule is Cc1cccc(/N=C2/S/C(=C\c3ccc(C(=O)O)cc3)C(=O)N2C2CCCCC2)n1. The number of benzene rings is 1. The first-order valence-corrected chi connectivity index (χ1v) is 10.9. The standard InChI is InChI=1S/C23H23N3O3S/c1-15-6-5-9-20(24-15)25-23-26(18-7-3-2-4-8-18)21(27)19(30-23)14-16-10-12-17(13-11-16)22(28)29/h5-6,9-14,18H,2-4,7-8H2,1H3,(H,28,29)/b19-14-,25-23+. The Kier molecular flexibility index (Phi) is 5.99. The van der Waals surface area contributed by atoms with Crippen molar-refractivity contribution in [2.75, 3.05) is 0 Å². The third-order valence-corrected chi connectivity index (χ3v) is 6.30. The Morgan fingerprint density at radius 2 is 1.90 bits per heavy atom. The van der Waals surface area contributed by atoms with E-state index in [9.17, 15) is 9.59 Å². The van der Waals surface area contributed by atoms with E-state index in [-0.39, 0.29) is 17.5 Å². The van der Waals surface area contributed by atoms with Gasteiger partial charge in [0.1, 0.15) is 0 Å². The van der Waals surface area contributed by atoms with Gasteiger partial charge in [-0.1, -0.05) is 37.5 Å². The van der Waals surface area contributed by atoms with Gasteiger partial charge in [0, 0.05) is 11.7 Å². The van der Waals surface area contributed by atoms with Crippen LogP contribution in [-0.4, -0.2) is 38.1 Å². The van der Waals surface area contributed by atoms with E-state index in [1.807, 2.05) is 30.0 Å². The van der Waals surface area contributed by atoms with Crippen molar-refractivity contribution in [3.8, 4) is 0 Å². The number of aryl methyl sites for hydroxylation is 1. The number of thioether (sulfide) groups is 1. The lowest BCUT2D eigenvalue weighted by molar-refractivity contribution is -0.124. The molecule has 2 aliphatic rings. The molecular weight excluding hydrogens is 398 g/mol. The van der Waals surface area contributed by atoms with Gasteiger partial charge < -0.3 is 5.11 Å². The molecular formula is C23H23N3O3S. The van der Waals surface area contributed by atoms with Crippen LogP contribution < -0.4 is 0 Å². The Labute approximate surface area is 179 Å². The summed E-state index contributed by atoms with van der Waals surface area (Å²) >= 11 is 1.36. The van der Waals surface area contributed by atoms with Gasteiger partial charge in [-0.3, -0.25) is 9.69 Å². The lowest BCUT2D eigenvalue weighted by Crippen LogP contribution is -2.40. The van der Waals surface area contributed by atoms with E-state index >= 15 is 0 Å². The maximum atomic E-state index is 13.3. The van der Waals surface area contributed by atoms with Gasteiger partial charge in [0.25, 0.3) is 5.91 Å². The van der Waals surface area contributed by atoms with Crippen LogP contribution in [0.3, 0.4) is 0 Å². The second-order valence-corrected chi connectivity index (χ2v) is 8.55. The highest BCUT2D eigenvalue weighted by molar-refractivity contribution is 8.18. The Morgan fingerprint density at radius 1 is 1.17 bits per heavy atom. The Bertz CT molecular complexity index is 1020. The zero-order chi connectivity index (χ0) is 21.1. The molecule has 0 unspecified atom stereocenters. The van der Waals surface area contributed by atoms with E-state index in [0.717, 1.165) is 36.9 Å². The molecule has 0 spiro atoms. The molecule has 2 heterocycles. The first-order chi connectivity index (χ1) is 14.5. The summed E-state index contributed by atoms with van der Waals surface area (Å²) in [6.07, 6.45) is 7.20. The number of amides is 1. The maximum absolute atomic E-state index is 13.3. The van der Waals surface area contributed by atoms with Crippen molar-refractivity contribution in [2.45, 2.75) is 45.1 Å². The normalized spacial score (nSPS) is 20.3. The van der Waals surface area contributed by atoms with Gasteiger partial charge in [-0.05, 0) is 67.4 Å². The van der Waals surface area contributed by atoms with Crippen LogP contribution in [0.5, 0.6) is 0 Å². The highest BCUT2D eigenvalue weighted by Crippen LogP contribution is 2.38. The molecule has 4 rings (SSSR count). The molecule has 0 radical (unpaired) electrons. The number of carboxylic acids is 1. The van der Waals surface area contributed by atoms with Crippen molar-refractivity contribution < 1.29 is 14.7 Å². The van der Waals surface area contributed by atoms with Crippen molar-refractivity contribution in [3.05, 3.63) is 64.2 Å². The zero-order valence-corrected chi connectivity index (χ0v) is 17.6. The van der Waals surface area contributed by atoms with Gasteiger partial charge in [0.05, 0.1) is 10.5 Å². The minimum absolute atomic E-state index is 0.0411. The van der Waals surface area contributed by atoms with Crippen LogP contribution in [0.1, 0.15) is 53.7 Å². The molecule has 6 nitrogen and oxygen atoms in total. The van der Waals surface area contributed by atoms with Gasteiger partial charge in [0.2, 0.25) is 0 Å². The lowest BCUT2D eigenvalue weighted by Gasteiger charge is -2.30. The fourth-order valence-electron chi connectivity index (χ4n) is 3.79. The molecule has 7 heteroatoms. The summed E-state index contributed by atoms with van der Waals surface area (Å²) in [6.45, 7) is 1.92. The topological polar surface area (TPSA) is 82.9 Å². The predicted octanol–water partition coefficient (Wildman–Crippen LogP) is 5.02. The molecule has 1 aromatic heterocycles. The van der Waals surface area contributed by atoms with E-state index in [4.69, 9.17) is 10.1 Å². The summed E-state index contributed by atoms with van der Waals surface area (Å²) in [5.41, 5.74) is 1.89. The molecule has 1 N–H and O–H groups in total. The van der Waals surface area contributed by atoms with Crippen LogP contribution >= 0.6 is 11.8 Å². The summed E-state index contributed by atoms with van der Waals surface area (Å²) < 4.78 is 0. The van der Waals surface area contributed by atoms with E-state index < -0.39 is 5.97 Å². The number of aromatic carboxylic acids is 1. The average Bonchev–Trinajstić information content (AvgIpc) is 3.03. The van der Waals surface area contributed by atoms with Crippen LogP contribution in [0.4, 0.5) is 5.82 Å². The summed E-state index contributed by atoms with van der Waals surface area (Å²) in [4.78, 5) is 36.0. The second kappa shape index (κ2) is 8.83. The van der Waals surface area contributed by atoms with Gasteiger partial charge in [0.15, 0.2) is 11.0 Å². The summed E-state index contributed by atoms with van der Waals surface area (Å²) in [7, 11) is 0. The number of rotatable bonds is 4. The number of hydrogen-bond acceptors (Lipinski definition) is 5. The van der Waals surface area contributed by atoms with Crippen molar-refractivity contribution >= 4 is 40.7 Å². The fraction of sp³-hybridized carbons (Fsp3) is 0.304. The van der Waals surface area contributed by atoms with Gasteiger partial charge in [-0.15, -0.1) is 0 Å². The fourth-order valence-corrected chi connectivity index (χ4v) is 4.83. The summed E-state index contributed by atoms with van der Waals surface area (Å²) in [5.74, 6) is -0.414.